The number of anilines is 3. The number of imidazole rings is 1. The highest BCUT2D eigenvalue weighted by Crippen LogP contribution is 2.55. The maximum Gasteiger partial charge on any atom is 0.472 e. The summed E-state index contributed by atoms with van der Waals surface area (Å²) >= 11 is 0. The van der Waals surface area contributed by atoms with Gasteiger partial charge in [0.15, 0.2) is 11.5 Å². The third kappa shape index (κ3) is 16.2. The van der Waals surface area contributed by atoms with Crippen LogP contribution in [0.1, 0.15) is 74.4 Å². The van der Waals surface area contributed by atoms with E-state index in [1.165, 1.54) is 55.6 Å². The van der Waals surface area contributed by atoms with Crippen LogP contribution < -0.4 is 51.1 Å². The first kappa shape index (κ1) is 70.5. The molecule has 0 amide bonds. The molecule has 11 rings (SSSR count). The molecule has 6 aromatic heterocycles. The summed E-state index contributed by atoms with van der Waals surface area (Å²) in [4.78, 5) is 145. The predicted octanol–water partition coefficient (Wildman–Crippen LogP) is -2.40. The Bertz CT molecular complexity index is 4450. The molecule has 11 heterocycles. The maximum absolute atomic E-state index is 14.1. The number of ether oxygens (including phenoxy) is 5. The van der Waals surface area contributed by atoms with Gasteiger partial charge >= 0.3 is 54.0 Å². The van der Waals surface area contributed by atoms with Gasteiger partial charge in [-0.25, -0.2) is 52.4 Å². The fraction of sp³-hybridized carbons (Fsp3) is 0.562. The normalized spacial score (nSPS) is 30.1. The number of hydrogen-bond acceptors (Lipinski definition) is 33. The minimum atomic E-state index is -5.53. The van der Waals surface area contributed by atoms with Gasteiger partial charge in [-0.3, -0.25) is 78.6 Å². The average Bonchev–Trinajstić information content (AvgIpc) is 1.67. The number of hydrogen-bond donors (Lipinski definition) is 11. The van der Waals surface area contributed by atoms with Crippen LogP contribution in [0.2, 0.25) is 0 Å². The number of nitrogens with two attached hydrogens (primary N) is 3. The summed E-state index contributed by atoms with van der Waals surface area (Å²) < 4.78 is 133. The molecule has 6 aromatic rings. The number of phosphoric acid groups is 4. The Balaban J connectivity index is 0.773. The maximum atomic E-state index is 14.1. The zero-order chi connectivity index (χ0) is 68.9. The minimum Gasteiger partial charge on any atom is -0.394 e. The van der Waals surface area contributed by atoms with Crippen molar-refractivity contribution in [3.8, 4) is 0 Å². The summed E-state index contributed by atoms with van der Waals surface area (Å²) in [5.41, 5.74) is 12.2. The molecule has 0 aromatic carbocycles. The summed E-state index contributed by atoms with van der Waals surface area (Å²) in [5, 5.41) is 20.9. The van der Waals surface area contributed by atoms with E-state index < -0.39 is 210 Å². The number of nitrogens with one attached hydrogen (secondary N) is 2. The summed E-state index contributed by atoms with van der Waals surface area (Å²) in [7, 11) is -21.6. The van der Waals surface area contributed by atoms with Crippen LogP contribution in [-0.2, 0) is 78.1 Å². The molecule has 5 fully saturated rings. The van der Waals surface area contributed by atoms with E-state index in [0.29, 0.717) is 0 Å². The number of aliphatic hydroxyl groups is 2. The highest BCUT2D eigenvalue weighted by atomic mass is 31.2. The number of phosphoric ester groups is 4. The fourth-order valence-electron chi connectivity index (χ4n) is 11.0. The Morgan fingerprint density at radius 2 is 0.885 bits per heavy atom. The zero-order valence-electron chi connectivity index (χ0n) is 49.9. The highest BCUT2D eigenvalue weighted by Gasteiger charge is 2.50. The van der Waals surface area contributed by atoms with E-state index in [4.69, 9.17) is 77.1 Å². The third-order valence-corrected chi connectivity index (χ3v) is 19.8. The van der Waals surface area contributed by atoms with Crippen molar-refractivity contribution in [1.82, 2.24) is 57.7 Å². The number of aromatic amines is 2. The molecule has 4 unspecified atom stereocenters. The predicted molar refractivity (Wildman–Crippen MR) is 316 cm³/mol. The Morgan fingerprint density at radius 3 is 1.30 bits per heavy atom. The fourth-order valence-corrected chi connectivity index (χ4v) is 14.9. The van der Waals surface area contributed by atoms with Gasteiger partial charge in [-0.05, 0) is 26.0 Å². The van der Waals surface area contributed by atoms with E-state index in [-0.39, 0.29) is 52.6 Å². The van der Waals surface area contributed by atoms with Crippen LogP contribution in [0.3, 0.4) is 0 Å². The van der Waals surface area contributed by atoms with Crippen molar-refractivity contribution in [2.75, 3.05) is 50.2 Å². The van der Waals surface area contributed by atoms with Crippen molar-refractivity contribution >= 4 is 59.9 Å². The van der Waals surface area contributed by atoms with E-state index in [9.17, 15) is 76.8 Å². The van der Waals surface area contributed by atoms with Gasteiger partial charge < -0.3 is 70.7 Å². The van der Waals surface area contributed by atoms with Crippen molar-refractivity contribution in [2.24, 2.45) is 0 Å². The van der Waals surface area contributed by atoms with Crippen LogP contribution in [0.25, 0.3) is 11.2 Å². The van der Waals surface area contributed by atoms with Gasteiger partial charge in [0, 0.05) is 68.0 Å². The van der Waals surface area contributed by atoms with Gasteiger partial charge in [0.2, 0.25) is 0 Å². The molecule has 5 saturated heterocycles. The quantitative estimate of drug-likeness (QED) is 0.0252. The monoisotopic (exact) mass is 1440 g/mol. The van der Waals surface area contributed by atoms with E-state index in [1.807, 2.05) is 0 Å². The Morgan fingerprint density at radius 1 is 0.521 bits per heavy atom. The van der Waals surface area contributed by atoms with E-state index in [0.717, 1.165) is 30.7 Å². The number of aromatic nitrogens is 12. The molecule has 524 valence electrons. The van der Waals surface area contributed by atoms with Gasteiger partial charge in [-0.1, -0.05) is 0 Å². The van der Waals surface area contributed by atoms with Gasteiger partial charge in [0.1, 0.15) is 110 Å². The molecule has 96 heavy (non-hydrogen) atoms. The van der Waals surface area contributed by atoms with Gasteiger partial charge in [0.25, 0.3) is 11.1 Å². The Labute approximate surface area is 535 Å². The van der Waals surface area contributed by atoms with Crippen LogP contribution >= 0.6 is 31.3 Å². The third-order valence-electron chi connectivity index (χ3n) is 15.7. The average molecular weight is 1440 g/mol. The standard InChI is InChI=1S/C48H63N15O29P4/c1-21-12-61(47(70)57-43(21)66)37-10-26(31(87-37)17-81-94(74,75)89-24-8-39(84-28(24)14-64)63-20-54-40-41(51)52-19-53-42(40)63)92-96(78,79)83-18-32-27(11-38(88-32)62-13-22(2)44(67)58-48(62)71)91-95(76,77)82-16-30-25(9-36(86-30)60-6-4-34(50)56-46(60)69)90-93(72,73)80-15-29-23(65)7-35(85-29)59-5-3-33(49)55-45(59)68/h3-6,12-13,19-20,23-32,35-39,64-65H,7-11,14-18H2,1-2H3,(H,72,73)(H,74,75)(H,76,77)(H,78,79)(H2,49,55,68)(H2,50,56,69)(H2,51,52,53)(H,57,66,70)(H,58,67,71)/t23-,24-,25-,26-,27-,28+,29+,30+,31+,32+,35+,36+,37+,38+,39+/m0/s1. The molecule has 44 nitrogen and oxygen atoms in total. The topological polar surface area (TPSA) is 611 Å². The van der Waals surface area contributed by atoms with Crippen LogP contribution in [0, 0.1) is 13.8 Å². The molecule has 14 N–H and O–H groups in total. The Hall–Kier alpha value is -6.77. The number of H-pyrrole nitrogens is 2. The molecule has 0 aliphatic carbocycles. The zero-order valence-corrected chi connectivity index (χ0v) is 53.5. The van der Waals surface area contributed by atoms with Crippen LogP contribution in [0.4, 0.5) is 17.5 Å². The second-order valence-corrected chi connectivity index (χ2v) is 28.0. The molecular weight excluding hydrogens is 1370 g/mol. The number of nitrogens with zero attached hydrogens (tertiary/aromatic N) is 10. The summed E-state index contributed by atoms with van der Waals surface area (Å²) in [6, 6.07) is 2.52. The van der Waals surface area contributed by atoms with E-state index in [2.05, 4.69) is 34.9 Å². The lowest BCUT2D eigenvalue weighted by Gasteiger charge is -2.25. The molecule has 48 heteroatoms. The first-order valence-corrected chi connectivity index (χ1v) is 34.7. The van der Waals surface area contributed by atoms with E-state index in [1.54, 1.807) is 0 Å². The first-order valence-electron chi connectivity index (χ1n) is 28.8. The van der Waals surface area contributed by atoms with Crippen molar-refractivity contribution < 1.29 is 108 Å². The van der Waals surface area contributed by atoms with Gasteiger partial charge in [-0.2, -0.15) is 9.97 Å². The second-order valence-electron chi connectivity index (χ2n) is 22.3. The first-order chi connectivity index (χ1) is 45.3. The lowest BCUT2D eigenvalue weighted by atomic mass is 10.2. The lowest BCUT2D eigenvalue weighted by Crippen LogP contribution is -2.33. The largest absolute Gasteiger partial charge is 0.472 e. The second kappa shape index (κ2) is 28.2. The Kier molecular flexibility index (Phi) is 20.7. The van der Waals surface area contributed by atoms with E-state index >= 15 is 0 Å². The molecule has 5 aliphatic rings. The molecule has 5 aliphatic heterocycles. The molecule has 0 bridgehead atoms. The smallest absolute Gasteiger partial charge is 0.394 e. The van der Waals surface area contributed by atoms with Crippen molar-refractivity contribution in [1.29, 1.82) is 0 Å². The summed E-state index contributed by atoms with van der Waals surface area (Å²) in [5.74, 6) is -0.222. The van der Waals surface area contributed by atoms with Crippen LogP contribution in [0.5, 0.6) is 0 Å². The lowest BCUT2D eigenvalue weighted by molar-refractivity contribution is -0.0650. The van der Waals surface area contributed by atoms with Crippen molar-refractivity contribution in [2.45, 2.75) is 138 Å². The molecule has 0 radical (unpaired) electrons. The number of rotatable bonds is 26. The number of aliphatic hydroxyl groups excluding tert-OH is 2. The van der Waals surface area contributed by atoms with Gasteiger partial charge in [0.05, 0.1) is 45.5 Å². The number of nitrogen functional groups attached to an aromatic ring is 3. The number of fused-ring (bicyclic) bond motifs is 1. The SMILES string of the molecule is Cc1cn([C@H]2C[C@H](OP(=O)(O)OC[C@H]3O[C@@H](n4ccc(N)nc4=O)C[C@@H]3OP(=O)(O)OC[C@H]3O[C@@H](n4ccc(N)nc4=O)C[C@@H]3O)[C@@H](COP(=O)(O)O[C@H]3C[C@H](n4cc(C)c(=O)[nH]c4=O)O[C@@H]3COP(=O)(O)O[C@H]3C[C@H](n4cnc5c(N)ncnc54)O[C@@H]3CO)O2)c(=O)[nH]c1=O. The molecule has 0 saturated carbocycles. The van der Waals surface area contributed by atoms with Crippen LogP contribution in [-0.4, -0.2) is 182 Å². The minimum absolute atomic E-state index is 0.0132. The molecule has 19 atom stereocenters. The molecule has 0 spiro atoms. The van der Waals surface area contributed by atoms with Crippen molar-refractivity contribution in [3.05, 3.63) is 123 Å². The summed E-state index contributed by atoms with van der Waals surface area (Å²) in [6.07, 6.45) is -16.6. The van der Waals surface area contributed by atoms with Crippen LogP contribution in [0.15, 0.2) is 78.3 Å². The number of aryl methyl sites for hydroxylation is 2. The van der Waals surface area contributed by atoms with Crippen molar-refractivity contribution in [3.63, 3.8) is 0 Å². The summed E-state index contributed by atoms with van der Waals surface area (Å²) in [6.45, 7) is -1.97. The molecular formula is C48H63N15O29P4. The van der Waals surface area contributed by atoms with Gasteiger partial charge in [-0.15, -0.1) is 0 Å². The highest BCUT2D eigenvalue weighted by molar-refractivity contribution is 7.48.